The van der Waals surface area contributed by atoms with Crippen molar-refractivity contribution in [1.29, 1.82) is 0 Å². The van der Waals surface area contributed by atoms with Crippen molar-refractivity contribution in [3.05, 3.63) is 17.8 Å². The van der Waals surface area contributed by atoms with Gasteiger partial charge in [-0.1, -0.05) is 6.92 Å². The molecule has 1 aromatic heterocycles. The summed E-state index contributed by atoms with van der Waals surface area (Å²) < 4.78 is 5.32. The molecule has 1 aromatic rings. The predicted octanol–water partition coefficient (Wildman–Crippen LogP) is 1.29. The summed E-state index contributed by atoms with van der Waals surface area (Å²) in [6, 6.07) is -0.302. The molecular weight excluding hydrogens is 206 g/mol. The third kappa shape index (κ3) is 3.66. The number of hydrogen-bond acceptors (Lipinski definition) is 4. The van der Waals surface area contributed by atoms with Crippen molar-refractivity contribution in [3.8, 4) is 0 Å². The summed E-state index contributed by atoms with van der Waals surface area (Å²) in [5.74, 6) is 1.19. The maximum absolute atomic E-state index is 11.5. The molecule has 1 rings (SSSR count). The van der Waals surface area contributed by atoms with Gasteiger partial charge in [-0.2, -0.15) is 0 Å². The number of nitrogens with zero attached hydrogens (tertiary/aromatic N) is 1. The summed E-state index contributed by atoms with van der Waals surface area (Å²) >= 11 is 0. The van der Waals surface area contributed by atoms with E-state index in [-0.39, 0.29) is 18.0 Å². The van der Waals surface area contributed by atoms with E-state index in [4.69, 9.17) is 10.2 Å². The van der Waals surface area contributed by atoms with E-state index in [1.807, 2.05) is 20.8 Å². The maximum Gasteiger partial charge on any atom is 0.222 e. The van der Waals surface area contributed by atoms with Gasteiger partial charge in [0.15, 0.2) is 0 Å². The first-order valence-corrected chi connectivity index (χ1v) is 5.50. The molecule has 3 N–H and O–H groups in total. The predicted molar refractivity (Wildman–Crippen MR) is 60.7 cm³/mol. The van der Waals surface area contributed by atoms with Crippen LogP contribution in [0.25, 0.3) is 0 Å². The Hall–Kier alpha value is -1.36. The highest BCUT2D eigenvalue weighted by Crippen LogP contribution is 2.12. The average molecular weight is 225 g/mol. The van der Waals surface area contributed by atoms with Crippen molar-refractivity contribution < 1.29 is 9.21 Å². The Kier molecular flexibility index (Phi) is 4.49. The lowest BCUT2D eigenvalue weighted by Crippen LogP contribution is -2.32. The SMILES string of the molecule is CCC(N)CC(=O)NC(C)c1ncc(C)o1. The van der Waals surface area contributed by atoms with Crippen molar-refractivity contribution in [2.24, 2.45) is 5.73 Å². The average Bonchev–Trinajstić information content (AvgIpc) is 2.64. The van der Waals surface area contributed by atoms with Crippen LogP contribution in [-0.4, -0.2) is 16.9 Å². The molecule has 1 heterocycles. The molecule has 0 aromatic carbocycles. The first-order valence-electron chi connectivity index (χ1n) is 5.50. The lowest BCUT2D eigenvalue weighted by atomic mass is 10.1. The first kappa shape index (κ1) is 12.7. The third-order valence-electron chi connectivity index (χ3n) is 2.36. The van der Waals surface area contributed by atoms with Crippen LogP contribution >= 0.6 is 0 Å². The quantitative estimate of drug-likeness (QED) is 0.791. The van der Waals surface area contributed by atoms with Crippen molar-refractivity contribution in [2.75, 3.05) is 0 Å². The highest BCUT2D eigenvalue weighted by Gasteiger charge is 2.15. The van der Waals surface area contributed by atoms with Crippen molar-refractivity contribution >= 4 is 5.91 Å². The maximum atomic E-state index is 11.5. The van der Waals surface area contributed by atoms with Gasteiger partial charge in [0.25, 0.3) is 0 Å². The lowest BCUT2D eigenvalue weighted by Gasteiger charge is -2.12. The molecule has 5 nitrogen and oxygen atoms in total. The minimum atomic E-state index is -0.217. The molecule has 0 saturated heterocycles. The molecule has 2 unspecified atom stereocenters. The molecule has 0 radical (unpaired) electrons. The van der Waals surface area contributed by atoms with E-state index in [9.17, 15) is 4.79 Å². The van der Waals surface area contributed by atoms with E-state index in [1.54, 1.807) is 6.20 Å². The summed E-state index contributed by atoms with van der Waals surface area (Å²) in [6.45, 7) is 5.61. The van der Waals surface area contributed by atoms with Gasteiger partial charge in [-0.15, -0.1) is 0 Å². The first-order chi connectivity index (χ1) is 7.52. The number of rotatable bonds is 5. The number of aromatic nitrogens is 1. The number of nitrogens with one attached hydrogen (secondary N) is 1. The van der Waals surface area contributed by atoms with Gasteiger partial charge in [0.1, 0.15) is 11.8 Å². The standard InChI is InChI=1S/C11H19N3O2/c1-4-9(12)5-10(15)14-8(3)11-13-6-7(2)16-11/h6,8-9H,4-5,12H2,1-3H3,(H,14,15). The fourth-order valence-electron chi connectivity index (χ4n) is 1.32. The largest absolute Gasteiger partial charge is 0.444 e. The Balaban J connectivity index is 2.45. The Bertz CT molecular complexity index is 349. The topological polar surface area (TPSA) is 81.2 Å². The minimum Gasteiger partial charge on any atom is -0.444 e. The van der Waals surface area contributed by atoms with Crippen molar-refractivity contribution in [1.82, 2.24) is 10.3 Å². The van der Waals surface area contributed by atoms with Crippen LogP contribution in [0.5, 0.6) is 0 Å². The van der Waals surface area contributed by atoms with E-state index >= 15 is 0 Å². The van der Waals surface area contributed by atoms with Crippen LogP contribution < -0.4 is 11.1 Å². The zero-order valence-electron chi connectivity index (χ0n) is 9.99. The summed E-state index contributed by atoms with van der Waals surface area (Å²) in [5.41, 5.74) is 5.69. The molecule has 0 aliphatic rings. The Morgan fingerprint density at radius 2 is 2.38 bits per heavy atom. The number of nitrogens with two attached hydrogens (primary N) is 1. The lowest BCUT2D eigenvalue weighted by molar-refractivity contribution is -0.122. The molecule has 2 atom stereocenters. The number of carbonyl (C=O) groups excluding carboxylic acids is 1. The molecule has 0 fully saturated rings. The summed E-state index contributed by atoms with van der Waals surface area (Å²) in [4.78, 5) is 15.6. The van der Waals surface area contributed by atoms with Gasteiger partial charge in [0, 0.05) is 12.5 Å². The second-order valence-electron chi connectivity index (χ2n) is 3.97. The fraction of sp³-hybridized carbons (Fsp3) is 0.636. The Morgan fingerprint density at radius 1 is 1.69 bits per heavy atom. The smallest absolute Gasteiger partial charge is 0.222 e. The molecule has 90 valence electrons. The second kappa shape index (κ2) is 5.65. The highest BCUT2D eigenvalue weighted by atomic mass is 16.4. The van der Waals surface area contributed by atoms with Crippen LogP contribution in [-0.2, 0) is 4.79 Å². The van der Waals surface area contributed by atoms with Crippen molar-refractivity contribution in [2.45, 2.75) is 45.7 Å². The molecular formula is C11H19N3O2. The molecule has 0 saturated carbocycles. The summed E-state index contributed by atoms with van der Waals surface area (Å²) in [5, 5.41) is 2.80. The van der Waals surface area contributed by atoms with Gasteiger partial charge < -0.3 is 15.5 Å². The van der Waals surface area contributed by atoms with Crippen LogP contribution in [0, 0.1) is 6.92 Å². The molecule has 0 bridgehead atoms. The fourth-order valence-corrected chi connectivity index (χ4v) is 1.32. The summed E-state index contributed by atoms with van der Waals surface area (Å²) in [7, 11) is 0. The van der Waals surface area contributed by atoms with Crippen LogP contribution in [0.15, 0.2) is 10.6 Å². The Labute approximate surface area is 95.4 Å². The van der Waals surface area contributed by atoms with Gasteiger partial charge >= 0.3 is 0 Å². The normalized spacial score (nSPS) is 14.5. The van der Waals surface area contributed by atoms with Gasteiger partial charge in [0.2, 0.25) is 11.8 Å². The van der Waals surface area contributed by atoms with Gasteiger partial charge in [-0.05, 0) is 20.3 Å². The van der Waals surface area contributed by atoms with E-state index < -0.39 is 0 Å². The number of oxazole rings is 1. The molecule has 0 aliphatic carbocycles. The van der Waals surface area contributed by atoms with Crippen LogP contribution in [0.2, 0.25) is 0 Å². The van der Waals surface area contributed by atoms with Crippen molar-refractivity contribution in [3.63, 3.8) is 0 Å². The Morgan fingerprint density at radius 3 is 2.88 bits per heavy atom. The zero-order chi connectivity index (χ0) is 12.1. The molecule has 0 spiro atoms. The van der Waals surface area contributed by atoms with Gasteiger partial charge in [-0.25, -0.2) is 4.98 Å². The number of hydrogen-bond donors (Lipinski definition) is 2. The van der Waals surface area contributed by atoms with E-state index in [0.29, 0.717) is 12.3 Å². The molecule has 5 heteroatoms. The van der Waals surface area contributed by atoms with Crippen LogP contribution in [0.3, 0.4) is 0 Å². The molecule has 16 heavy (non-hydrogen) atoms. The number of carbonyl (C=O) groups is 1. The van der Waals surface area contributed by atoms with Gasteiger partial charge in [0.05, 0.1) is 6.20 Å². The monoisotopic (exact) mass is 225 g/mol. The third-order valence-corrected chi connectivity index (χ3v) is 2.36. The van der Waals surface area contributed by atoms with Crippen LogP contribution in [0.4, 0.5) is 0 Å². The number of amides is 1. The molecule has 1 amide bonds. The van der Waals surface area contributed by atoms with Crippen LogP contribution in [0.1, 0.15) is 44.4 Å². The van der Waals surface area contributed by atoms with E-state index in [2.05, 4.69) is 10.3 Å². The number of aryl methyl sites for hydroxylation is 1. The molecule has 0 aliphatic heterocycles. The zero-order valence-corrected chi connectivity index (χ0v) is 9.99. The minimum absolute atomic E-state index is 0.0716. The van der Waals surface area contributed by atoms with Gasteiger partial charge in [-0.3, -0.25) is 4.79 Å². The summed E-state index contributed by atoms with van der Waals surface area (Å²) in [6.07, 6.45) is 2.76. The van der Waals surface area contributed by atoms with E-state index in [1.165, 1.54) is 0 Å². The highest BCUT2D eigenvalue weighted by molar-refractivity contribution is 5.76. The van der Waals surface area contributed by atoms with E-state index in [0.717, 1.165) is 12.2 Å². The second-order valence-corrected chi connectivity index (χ2v) is 3.97.